The van der Waals surface area contributed by atoms with Gasteiger partial charge in [-0.05, 0) is 31.0 Å². The molecule has 1 heterocycles. The molecule has 1 aromatic heterocycles. The number of hydrogen-bond acceptors (Lipinski definition) is 3. The van der Waals surface area contributed by atoms with Crippen LogP contribution in [0.4, 0.5) is 0 Å². The number of benzene rings is 1. The summed E-state index contributed by atoms with van der Waals surface area (Å²) < 4.78 is 11.6. The molecule has 0 bridgehead atoms. The van der Waals surface area contributed by atoms with Gasteiger partial charge in [-0.2, -0.15) is 0 Å². The van der Waals surface area contributed by atoms with Crippen LogP contribution in [-0.2, 0) is 11.0 Å². The Morgan fingerprint density at radius 1 is 1.20 bits per heavy atom. The van der Waals surface area contributed by atoms with Crippen LogP contribution in [-0.4, -0.2) is 16.3 Å². The fourth-order valence-electron chi connectivity index (χ4n) is 1.98. The second-order valence-electron chi connectivity index (χ2n) is 4.63. The lowest BCUT2D eigenvalue weighted by atomic mass is 10.1. The van der Waals surface area contributed by atoms with Gasteiger partial charge in [0.25, 0.3) is 0 Å². The van der Waals surface area contributed by atoms with E-state index < -0.39 is 13.4 Å². The SMILES string of the molecule is Cc1ccc([C@H](NCCc2ccccc2)P(=O)(O)O)s1. The first kappa shape index (κ1) is 15.4. The molecule has 0 saturated heterocycles. The maximum absolute atomic E-state index is 11.6. The summed E-state index contributed by atoms with van der Waals surface area (Å²) >= 11 is 1.41. The zero-order valence-corrected chi connectivity index (χ0v) is 12.9. The number of rotatable bonds is 6. The fourth-order valence-corrected chi connectivity index (χ4v) is 4.18. The van der Waals surface area contributed by atoms with Crippen molar-refractivity contribution < 1.29 is 14.4 Å². The van der Waals surface area contributed by atoms with Crippen LogP contribution in [0, 0.1) is 6.92 Å². The van der Waals surface area contributed by atoms with Crippen molar-refractivity contribution in [1.82, 2.24) is 5.32 Å². The summed E-state index contributed by atoms with van der Waals surface area (Å²) in [5.41, 5.74) is 1.15. The number of aryl methyl sites for hydroxylation is 1. The molecular formula is C14H18NO3PS. The van der Waals surface area contributed by atoms with Gasteiger partial charge >= 0.3 is 7.60 Å². The van der Waals surface area contributed by atoms with E-state index in [1.807, 2.05) is 43.3 Å². The Hall–Kier alpha value is -0.970. The molecular weight excluding hydrogens is 293 g/mol. The first-order valence-electron chi connectivity index (χ1n) is 6.35. The Bertz CT molecular complexity index is 593. The van der Waals surface area contributed by atoms with E-state index >= 15 is 0 Å². The van der Waals surface area contributed by atoms with E-state index in [1.54, 1.807) is 6.07 Å². The summed E-state index contributed by atoms with van der Waals surface area (Å²) in [4.78, 5) is 20.7. The average Bonchev–Trinajstić information content (AvgIpc) is 2.80. The van der Waals surface area contributed by atoms with Crippen LogP contribution in [0.25, 0.3) is 0 Å². The highest BCUT2D eigenvalue weighted by Crippen LogP contribution is 2.51. The quantitative estimate of drug-likeness (QED) is 0.717. The van der Waals surface area contributed by atoms with Crippen LogP contribution >= 0.6 is 18.9 Å². The van der Waals surface area contributed by atoms with Gasteiger partial charge in [0.2, 0.25) is 0 Å². The van der Waals surface area contributed by atoms with Crippen molar-refractivity contribution >= 4 is 18.9 Å². The molecule has 0 saturated carbocycles. The molecule has 0 fully saturated rings. The normalized spacial score (nSPS) is 13.3. The van der Waals surface area contributed by atoms with Gasteiger partial charge in [0, 0.05) is 16.3 Å². The highest BCUT2D eigenvalue weighted by atomic mass is 32.1. The van der Waals surface area contributed by atoms with E-state index in [2.05, 4.69) is 5.32 Å². The smallest absolute Gasteiger partial charge is 0.323 e. The molecule has 2 rings (SSSR count). The standard InChI is InChI=1S/C14H18NO3PS/c1-11-7-8-13(20-11)14(19(16,17)18)15-10-9-12-5-3-2-4-6-12/h2-8,14-15H,9-10H2,1H3,(H2,16,17,18)/t14-/m1/s1. The van der Waals surface area contributed by atoms with Crippen molar-refractivity contribution in [2.24, 2.45) is 0 Å². The second-order valence-corrected chi connectivity index (χ2v) is 7.64. The molecule has 0 aliphatic rings. The molecule has 0 spiro atoms. The molecule has 108 valence electrons. The molecule has 0 radical (unpaired) electrons. The van der Waals surface area contributed by atoms with Crippen molar-refractivity contribution in [2.45, 2.75) is 19.1 Å². The van der Waals surface area contributed by atoms with Crippen LogP contribution < -0.4 is 5.32 Å². The maximum Gasteiger partial charge on any atom is 0.347 e. The second kappa shape index (κ2) is 6.66. The molecule has 0 aliphatic carbocycles. The van der Waals surface area contributed by atoms with E-state index in [9.17, 15) is 14.4 Å². The maximum atomic E-state index is 11.6. The zero-order valence-electron chi connectivity index (χ0n) is 11.2. The average molecular weight is 311 g/mol. The van der Waals surface area contributed by atoms with Gasteiger partial charge < -0.3 is 9.79 Å². The summed E-state index contributed by atoms with van der Waals surface area (Å²) in [6.07, 6.45) is 0.738. The number of thiophene rings is 1. The lowest BCUT2D eigenvalue weighted by molar-refractivity contribution is 0.349. The lowest BCUT2D eigenvalue weighted by Gasteiger charge is -2.18. The Labute approximate surface area is 122 Å². The van der Waals surface area contributed by atoms with Crippen LogP contribution in [0.15, 0.2) is 42.5 Å². The Balaban J connectivity index is 2.01. The first-order valence-corrected chi connectivity index (χ1v) is 8.85. The highest BCUT2D eigenvalue weighted by Gasteiger charge is 2.30. The van der Waals surface area contributed by atoms with Crippen molar-refractivity contribution in [1.29, 1.82) is 0 Å². The predicted octanol–water partition coefficient (Wildman–Crippen LogP) is 3.07. The molecule has 2 aromatic rings. The Kier molecular flexibility index (Phi) is 5.13. The van der Waals surface area contributed by atoms with Crippen LogP contribution in [0.5, 0.6) is 0 Å². The lowest BCUT2D eigenvalue weighted by Crippen LogP contribution is -2.23. The third kappa shape index (κ3) is 4.27. The molecule has 0 unspecified atom stereocenters. The third-order valence-electron chi connectivity index (χ3n) is 2.96. The summed E-state index contributed by atoms with van der Waals surface area (Å²) in [5, 5.41) is 2.99. The molecule has 1 aromatic carbocycles. The van der Waals surface area contributed by atoms with Crippen molar-refractivity contribution in [2.75, 3.05) is 6.54 Å². The van der Waals surface area contributed by atoms with Crippen molar-refractivity contribution in [3.05, 3.63) is 57.8 Å². The molecule has 6 heteroatoms. The van der Waals surface area contributed by atoms with E-state index in [0.29, 0.717) is 11.4 Å². The van der Waals surface area contributed by atoms with Gasteiger partial charge in [0.05, 0.1) is 0 Å². The van der Waals surface area contributed by atoms with E-state index in [-0.39, 0.29) is 0 Å². The van der Waals surface area contributed by atoms with Crippen molar-refractivity contribution in [3.63, 3.8) is 0 Å². The highest BCUT2D eigenvalue weighted by molar-refractivity contribution is 7.52. The van der Waals surface area contributed by atoms with Gasteiger partial charge in [0.1, 0.15) is 5.78 Å². The minimum atomic E-state index is -4.21. The summed E-state index contributed by atoms with van der Waals surface area (Å²) in [6, 6.07) is 13.5. The van der Waals surface area contributed by atoms with Crippen LogP contribution in [0.2, 0.25) is 0 Å². The summed E-state index contributed by atoms with van der Waals surface area (Å²) in [7, 11) is -4.21. The van der Waals surface area contributed by atoms with Crippen LogP contribution in [0.1, 0.15) is 21.1 Å². The fraction of sp³-hybridized carbons (Fsp3) is 0.286. The summed E-state index contributed by atoms with van der Waals surface area (Å²) in [5.74, 6) is -0.912. The number of nitrogens with one attached hydrogen (secondary N) is 1. The monoisotopic (exact) mass is 311 g/mol. The van der Waals surface area contributed by atoms with Gasteiger partial charge in [-0.25, -0.2) is 0 Å². The molecule has 1 atom stereocenters. The first-order chi connectivity index (χ1) is 9.47. The van der Waals surface area contributed by atoms with Crippen LogP contribution in [0.3, 0.4) is 0 Å². The van der Waals surface area contributed by atoms with Gasteiger partial charge in [0.15, 0.2) is 0 Å². The zero-order chi connectivity index (χ0) is 14.6. The minimum absolute atomic E-state index is 0.525. The van der Waals surface area contributed by atoms with Gasteiger partial charge in [-0.3, -0.25) is 9.88 Å². The molecule has 0 aliphatic heterocycles. The third-order valence-corrected chi connectivity index (χ3v) is 5.33. The minimum Gasteiger partial charge on any atom is -0.323 e. The Morgan fingerprint density at radius 2 is 1.90 bits per heavy atom. The van der Waals surface area contributed by atoms with Gasteiger partial charge in [-0.1, -0.05) is 30.3 Å². The predicted molar refractivity (Wildman–Crippen MR) is 82.0 cm³/mol. The topological polar surface area (TPSA) is 69.6 Å². The molecule has 4 nitrogen and oxygen atoms in total. The number of hydrogen-bond donors (Lipinski definition) is 3. The summed E-state index contributed by atoms with van der Waals surface area (Å²) in [6.45, 7) is 2.45. The van der Waals surface area contributed by atoms with E-state index in [0.717, 1.165) is 16.9 Å². The Morgan fingerprint density at radius 3 is 2.45 bits per heavy atom. The van der Waals surface area contributed by atoms with E-state index in [1.165, 1.54) is 11.3 Å². The molecule has 3 N–H and O–H groups in total. The largest absolute Gasteiger partial charge is 0.347 e. The van der Waals surface area contributed by atoms with Gasteiger partial charge in [-0.15, -0.1) is 11.3 Å². The molecule has 0 amide bonds. The van der Waals surface area contributed by atoms with E-state index in [4.69, 9.17) is 0 Å². The molecule has 20 heavy (non-hydrogen) atoms. The van der Waals surface area contributed by atoms with Crippen molar-refractivity contribution in [3.8, 4) is 0 Å².